The van der Waals surface area contributed by atoms with Crippen LogP contribution in [0.2, 0.25) is 5.02 Å². The minimum atomic E-state index is -3.78. The predicted octanol–water partition coefficient (Wildman–Crippen LogP) is 5.52. The summed E-state index contributed by atoms with van der Waals surface area (Å²) in [6.07, 6.45) is 2.62. The van der Waals surface area contributed by atoms with Crippen molar-refractivity contribution in [3.8, 4) is 5.75 Å². The van der Waals surface area contributed by atoms with Gasteiger partial charge in [0.05, 0.1) is 11.6 Å². The third kappa shape index (κ3) is 4.47. The van der Waals surface area contributed by atoms with E-state index >= 15 is 0 Å². The lowest BCUT2D eigenvalue weighted by Crippen LogP contribution is -2.35. The molecule has 1 N–H and O–H groups in total. The molecule has 0 radical (unpaired) electrons. The molecule has 0 bridgehead atoms. The van der Waals surface area contributed by atoms with Gasteiger partial charge in [-0.1, -0.05) is 18.0 Å². The smallest absolute Gasteiger partial charge is 0.267 e. The molecule has 2 heterocycles. The van der Waals surface area contributed by atoms with Crippen LogP contribution in [0.5, 0.6) is 5.75 Å². The highest BCUT2D eigenvalue weighted by molar-refractivity contribution is 7.89. The van der Waals surface area contributed by atoms with E-state index < -0.39 is 21.7 Å². The molecule has 1 aliphatic heterocycles. The normalized spacial score (nSPS) is 15.1. The zero-order valence-electron chi connectivity index (χ0n) is 17.4. The fourth-order valence-corrected chi connectivity index (χ4v) is 6.79. The molecule has 10 heteroatoms. The van der Waals surface area contributed by atoms with Gasteiger partial charge >= 0.3 is 0 Å². The molecule has 0 saturated carbocycles. The number of fused-ring (bicyclic) bond motifs is 1. The minimum absolute atomic E-state index is 0.0172. The van der Waals surface area contributed by atoms with Gasteiger partial charge in [-0.15, -0.1) is 11.3 Å². The molecule has 170 valence electrons. The van der Waals surface area contributed by atoms with Crippen molar-refractivity contribution in [1.82, 2.24) is 4.31 Å². The Bertz CT molecular complexity index is 1270. The van der Waals surface area contributed by atoms with Crippen LogP contribution >= 0.6 is 22.9 Å². The topological polar surface area (TPSA) is 75.7 Å². The lowest BCUT2D eigenvalue weighted by atomic mass is 10.2. The number of anilines is 1. The van der Waals surface area contributed by atoms with Gasteiger partial charge in [0, 0.05) is 28.9 Å². The van der Waals surface area contributed by atoms with Crippen LogP contribution in [-0.4, -0.2) is 38.3 Å². The second-order valence-electron chi connectivity index (χ2n) is 7.40. The molecule has 0 unspecified atom stereocenters. The van der Waals surface area contributed by atoms with Gasteiger partial charge in [-0.25, -0.2) is 12.8 Å². The number of piperidine rings is 1. The number of hydrogen-bond donors (Lipinski definition) is 1. The number of nitrogens with one attached hydrogen (secondary N) is 1. The van der Waals surface area contributed by atoms with Gasteiger partial charge in [0.2, 0.25) is 10.0 Å². The molecular formula is C22H22ClFN2O4S2. The van der Waals surface area contributed by atoms with Crippen LogP contribution in [-0.2, 0) is 10.0 Å². The van der Waals surface area contributed by atoms with E-state index in [2.05, 4.69) is 5.32 Å². The highest BCUT2D eigenvalue weighted by Gasteiger charge is 2.29. The Morgan fingerprint density at radius 3 is 2.66 bits per heavy atom. The molecule has 1 amide bonds. The molecule has 32 heavy (non-hydrogen) atoms. The number of rotatable bonds is 6. The van der Waals surface area contributed by atoms with Crippen molar-refractivity contribution in [2.75, 3.05) is 25.0 Å². The van der Waals surface area contributed by atoms with Crippen molar-refractivity contribution in [2.45, 2.75) is 31.1 Å². The van der Waals surface area contributed by atoms with E-state index in [1.54, 1.807) is 13.0 Å². The summed E-state index contributed by atoms with van der Waals surface area (Å²) in [5.41, 5.74) is 0.300. The zero-order chi connectivity index (χ0) is 22.9. The number of thiophene rings is 1. The van der Waals surface area contributed by atoms with Gasteiger partial charge in [0.1, 0.15) is 21.3 Å². The average Bonchev–Trinajstić information content (AvgIpc) is 3.11. The summed E-state index contributed by atoms with van der Waals surface area (Å²) in [4.78, 5) is 13.1. The highest BCUT2D eigenvalue weighted by Crippen LogP contribution is 2.37. The Balaban J connectivity index is 1.66. The molecule has 4 rings (SSSR count). The first-order valence-corrected chi connectivity index (χ1v) is 12.9. The maximum absolute atomic E-state index is 13.5. The third-order valence-corrected chi connectivity index (χ3v) is 8.81. The summed E-state index contributed by atoms with van der Waals surface area (Å²) in [5.74, 6) is -0.671. The van der Waals surface area contributed by atoms with E-state index in [1.807, 2.05) is 0 Å². The second kappa shape index (κ2) is 9.35. The fraction of sp³-hybridized carbons (Fsp3) is 0.318. The van der Waals surface area contributed by atoms with E-state index in [9.17, 15) is 17.6 Å². The number of hydrogen-bond acceptors (Lipinski definition) is 5. The SMILES string of the molecule is CCOc1ccc(NC(=O)c2sc3cc(F)ccc3c2Cl)cc1S(=O)(=O)N1CCCCC1. The van der Waals surface area contributed by atoms with Crippen molar-refractivity contribution in [3.05, 3.63) is 52.1 Å². The van der Waals surface area contributed by atoms with Crippen LogP contribution in [0.1, 0.15) is 35.9 Å². The van der Waals surface area contributed by atoms with Crippen LogP contribution in [0.4, 0.5) is 10.1 Å². The van der Waals surface area contributed by atoms with E-state index in [0.717, 1.165) is 30.6 Å². The number of amides is 1. The van der Waals surface area contributed by atoms with Gasteiger partial charge in [0.25, 0.3) is 5.91 Å². The fourth-order valence-electron chi connectivity index (χ4n) is 3.68. The molecule has 3 aromatic rings. The Kier molecular flexibility index (Phi) is 6.71. The van der Waals surface area contributed by atoms with E-state index in [-0.39, 0.29) is 20.5 Å². The molecular weight excluding hydrogens is 475 g/mol. The maximum atomic E-state index is 13.5. The summed E-state index contributed by atoms with van der Waals surface area (Å²) in [6.45, 7) is 3.00. The molecule has 1 aliphatic rings. The molecule has 1 fully saturated rings. The summed E-state index contributed by atoms with van der Waals surface area (Å²) < 4.78 is 47.6. The van der Waals surface area contributed by atoms with Gasteiger partial charge < -0.3 is 10.1 Å². The van der Waals surface area contributed by atoms with Crippen molar-refractivity contribution in [1.29, 1.82) is 0 Å². The monoisotopic (exact) mass is 496 g/mol. The minimum Gasteiger partial charge on any atom is -0.492 e. The molecule has 6 nitrogen and oxygen atoms in total. The quantitative estimate of drug-likeness (QED) is 0.487. The van der Waals surface area contributed by atoms with Crippen molar-refractivity contribution >= 4 is 54.6 Å². The van der Waals surface area contributed by atoms with Crippen molar-refractivity contribution < 1.29 is 22.3 Å². The second-order valence-corrected chi connectivity index (χ2v) is 10.7. The van der Waals surface area contributed by atoms with Gasteiger partial charge in [-0.3, -0.25) is 4.79 Å². The number of benzene rings is 2. The first kappa shape index (κ1) is 23.0. The lowest BCUT2D eigenvalue weighted by Gasteiger charge is -2.27. The molecule has 0 spiro atoms. The van der Waals surface area contributed by atoms with Crippen LogP contribution in [0.15, 0.2) is 41.3 Å². The standard InChI is InChI=1S/C22H22ClFN2O4S2/c1-2-30-17-9-7-15(13-19(17)32(28,29)26-10-4-3-5-11-26)25-22(27)21-20(23)16-8-6-14(24)12-18(16)31-21/h6-9,12-13H,2-5,10-11H2,1H3,(H,25,27). The summed E-state index contributed by atoms with van der Waals surface area (Å²) in [5, 5.41) is 3.53. The molecule has 0 aliphatic carbocycles. The molecule has 1 aromatic heterocycles. The largest absolute Gasteiger partial charge is 0.492 e. The Hall–Kier alpha value is -2.20. The maximum Gasteiger partial charge on any atom is 0.267 e. The summed E-state index contributed by atoms with van der Waals surface area (Å²) in [6, 6.07) is 8.67. The number of carbonyl (C=O) groups is 1. The first-order chi connectivity index (χ1) is 15.3. The van der Waals surface area contributed by atoms with Gasteiger partial charge in [0.15, 0.2) is 0 Å². The lowest BCUT2D eigenvalue weighted by molar-refractivity contribution is 0.103. The van der Waals surface area contributed by atoms with Crippen molar-refractivity contribution in [2.24, 2.45) is 0 Å². The first-order valence-electron chi connectivity index (χ1n) is 10.3. The number of carbonyl (C=O) groups excluding carboxylic acids is 1. The number of nitrogens with zero attached hydrogens (tertiary/aromatic N) is 1. The van der Waals surface area contributed by atoms with E-state index in [0.29, 0.717) is 35.5 Å². The van der Waals surface area contributed by atoms with Crippen LogP contribution in [0, 0.1) is 5.82 Å². The number of ether oxygens (including phenoxy) is 1. The zero-order valence-corrected chi connectivity index (χ0v) is 19.7. The number of sulfonamides is 1. The van der Waals surface area contributed by atoms with Crippen LogP contribution in [0.25, 0.3) is 10.1 Å². The van der Waals surface area contributed by atoms with Gasteiger partial charge in [-0.05, 0) is 56.2 Å². The van der Waals surface area contributed by atoms with Crippen LogP contribution in [0.3, 0.4) is 0 Å². The van der Waals surface area contributed by atoms with E-state index in [1.165, 1.54) is 34.6 Å². The molecule has 1 saturated heterocycles. The van der Waals surface area contributed by atoms with Crippen LogP contribution < -0.4 is 10.1 Å². The molecule has 2 aromatic carbocycles. The van der Waals surface area contributed by atoms with E-state index in [4.69, 9.17) is 16.3 Å². The Morgan fingerprint density at radius 1 is 1.19 bits per heavy atom. The Morgan fingerprint density at radius 2 is 1.94 bits per heavy atom. The predicted molar refractivity (Wildman–Crippen MR) is 125 cm³/mol. The average molecular weight is 497 g/mol. The third-order valence-electron chi connectivity index (χ3n) is 5.23. The summed E-state index contributed by atoms with van der Waals surface area (Å²) >= 11 is 7.42. The highest BCUT2D eigenvalue weighted by atomic mass is 35.5. The Labute approximate surface area is 195 Å². The van der Waals surface area contributed by atoms with Crippen molar-refractivity contribution in [3.63, 3.8) is 0 Å². The molecule has 0 atom stereocenters. The number of halogens is 2. The summed E-state index contributed by atoms with van der Waals surface area (Å²) in [7, 11) is -3.78. The van der Waals surface area contributed by atoms with Gasteiger partial charge in [-0.2, -0.15) is 4.31 Å².